The van der Waals surface area contributed by atoms with E-state index in [-0.39, 0.29) is 18.3 Å². The summed E-state index contributed by atoms with van der Waals surface area (Å²) in [7, 11) is 0. The standard InChI is InChI=1S/C24H26N2O2.ClH/c25-12-20-13-26(14-22(20)16-5-2-1-3-6-16)24(27)11-19-15-28-23-10-18-8-4-7-17(18)9-21(19)23;/h1-3,5-6,9-10,15,20,22H,4,7-8,11-14,25H2;1H/t20-,22+;/m1./s1. The first-order chi connectivity index (χ1) is 13.7. The van der Waals surface area contributed by atoms with Gasteiger partial charge in [0.15, 0.2) is 0 Å². The number of hydrogen-bond acceptors (Lipinski definition) is 3. The van der Waals surface area contributed by atoms with Gasteiger partial charge in [-0.15, -0.1) is 12.4 Å². The van der Waals surface area contributed by atoms with E-state index in [0.717, 1.165) is 42.5 Å². The summed E-state index contributed by atoms with van der Waals surface area (Å²) in [5.41, 5.74) is 12.0. The van der Waals surface area contributed by atoms with Gasteiger partial charge in [-0.25, -0.2) is 0 Å². The molecule has 2 aliphatic rings. The minimum absolute atomic E-state index is 0. The van der Waals surface area contributed by atoms with E-state index >= 15 is 0 Å². The van der Waals surface area contributed by atoms with Gasteiger partial charge in [0.1, 0.15) is 5.58 Å². The molecule has 4 nitrogen and oxygen atoms in total. The third-order valence-corrected chi connectivity index (χ3v) is 6.53. The Bertz CT molecular complexity index is 1010. The second-order valence-corrected chi connectivity index (χ2v) is 8.22. The molecule has 3 aromatic rings. The second-order valence-electron chi connectivity index (χ2n) is 8.22. The van der Waals surface area contributed by atoms with Crippen LogP contribution in [0.4, 0.5) is 0 Å². The van der Waals surface area contributed by atoms with Crippen LogP contribution >= 0.6 is 12.4 Å². The summed E-state index contributed by atoms with van der Waals surface area (Å²) in [5, 5.41) is 1.10. The van der Waals surface area contributed by atoms with Crippen LogP contribution in [0.5, 0.6) is 0 Å². The number of nitrogens with two attached hydrogens (primary N) is 1. The van der Waals surface area contributed by atoms with Crippen molar-refractivity contribution in [1.82, 2.24) is 4.90 Å². The molecule has 1 saturated heterocycles. The van der Waals surface area contributed by atoms with Crippen molar-refractivity contribution in [3.8, 4) is 0 Å². The van der Waals surface area contributed by atoms with Gasteiger partial charge >= 0.3 is 0 Å². The number of likely N-dealkylation sites (tertiary alicyclic amines) is 1. The maximum atomic E-state index is 13.1. The minimum atomic E-state index is 0. The van der Waals surface area contributed by atoms with Crippen LogP contribution in [-0.4, -0.2) is 30.4 Å². The Morgan fingerprint density at radius 2 is 1.86 bits per heavy atom. The molecule has 2 atom stereocenters. The number of halogens is 1. The molecule has 0 unspecified atom stereocenters. The minimum Gasteiger partial charge on any atom is -0.464 e. The zero-order valence-corrected chi connectivity index (χ0v) is 17.3. The lowest BCUT2D eigenvalue weighted by molar-refractivity contribution is -0.129. The van der Waals surface area contributed by atoms with E-state index in [9.17, 15) is 4.79 Å². The van der Waals surface area contributed by atoms with Crippen molar-refractivity contribution in [3.05, 3.63) is 71.0 Å². The molecule has 2 heterocycles. The van der Waals surface area contributed by atoms with Crippen LogP contribution in [0.15, 0.2) is 53.1 Å². The van der Waals surface area contributed by atoms with Gasteiger partial charge in [0.2, 0.25) is 5.91 Å². The summed E-state index contributed by atoms with van der Waals surface area (Å²) >= 11 is 0. The van der Waals surface area contributed by atoms with E-state index < -0.39 is 0 Å². The van der Waals surface area contributed by atoms with Crippen molar-refractivity contribution in [1.29, 1.82) is 0 Å². The first kappa shape index (κ1) is 20.0. The average molecular weight is 411 g/mol. The third kappa shape index (κ3) is 3.67. The van der Waals surface area contributed by atoms with Crippen LogP contribution in [0.25, 0.3) is 11.0 Å². The molecule has 1 amide bonds. The normalized spacial score (nSPS) is 20.7. The van der Waals surface area contributed by atoms with Gasteiger partial charge in [-0.3, -0.25) is 4.79 Å². The number of amides is 1. The highest BCUT2D eigenvalue weighted by atomic mass is 35.5. The zero-order valence-electron chi connectivity index (χ0n) is 16.5. The summed E-state index contributed by atoms with van der Waals surface area (Å²) in [6.45, 7) is 2.08. The highest BCUT2D eigenvalue weighted by Crippen LogP contribution is 2.34. The Morgan fingerprint density at radius 3 is 2.62 bits per heavy atom. The molecule has 1 aliphatic heterocycles. The Hall–Kier alpha value is -2.30. The summed E-state index contributed by atoms with van der Waals surface area (Å²) in [6, 6.07) is 14.8. The number of aryl methyl sites for hydroxylation is 2. The third-order valence-electron chi connectivity index (χ3n) is 6.53. The van der Waals surface area contributed by atoms with Crippen molar-refractivity contribution in [2.75, 3.05) is 19.6 Å². The number of carbonyl (C=O) groups is 1. The molecule has 0 radical (unpaired) electrons. The Kier molecular flexibility index (Phi) is 5.66. The second kappa shape index (κ2) is 8.21. The molecule has 5 heteroatoms. The van der Waals surface area contributed by atoms with E-state index in [0.29, 0.717) is 24.8 Å². The van der Waals surface area contributed by atoms with Crippen molar-refractivity contribution >= 4 is 29.3 Å². The van der Waals surface area contributed by atoms with E-state index in [4.69, 9.17) is 10.2 Å². The van der Waals surface area contributed by atoms with Crippen molar-refractivity contribution in [3.63, 3.8) is 0 Å². The van der Waals surface area contributed by atoms with E-state index in [1.807, 2.05) is 11.0 Å². The van der Waals surface area contributed by atoms with E-state index in [1.54, 1.807) is 6.26 Å². The number of furan rings is 1. The molecule has 152 valence electrons. The molecule has 0 bridgehead atoms. The molecule has 1 aromatic heterocycles. The SMILES string of the molecule is Cl.NC[C@@H]1CN(C(=O)Cc2coc3cc4c(cc23)CCC4)C[C@H]1c1ccccc1. The largest absolute Gasteiger partial charge is 0.464 e. The maximum absolute atomic E-state index is 13.1. The molecule has 29 heavy (non-hydrogen) atoms. The van der Waals surface area contributed by atoms with Crippen LogP contribution < -0.4 is 5.73 Å². The fraction of sp³-hybridized carbons (Fsp3) is 0.375. The van der Waals surface area contributed by atoms with Crippen LogP contribution in [-0.2, 0) is 24.1 Å². The van der Waals surface area contributed by atoms with Crippen LogP contribution in [0.3, 0.4) is 0 Å². The van der Waals surface area contributed by atoms with E-state index in [1.165, 1.54) is 23.1 Å². The summed E-state index contributed by atoms with van der Waals surface area (Å²) in [6.07, 6.45) is 5.64. The Morgan fingerprint density at radius 1 is 1.10 bits per heavy atom. The molecule has 1 fully saturated rings. The molecule has 0 spiro atoms. The topological polar surface area (TPSA) is 59.5 Å². The smallest absolute Gasteiger partial charge is 0.227 e. The lowest BCUT2D eigenvalue weighted by Gasteiger charge is -2.16. The number of nitrogens with zero attached hydrogens (tertiary/aromatic N) is 1. The number of hydrogen-bond donors (Lipinski definition) is 1. The summed E-state index contributed by atoms with van der Waals surface area (Å²) in [5.74, 6) is 0.801. The number of fused-ring (bicyclic) bond motifs is 2. The van der Waals surface area contributed by atoms with Gasteiger partial charge in [0, 0.05) is 30.0 Å². The molecule has 1 aliphatic carbocycles. The van der Waals surface area contributed by atoms with E-state index in [2.05, 4.69) is 36.4 Å². The first-order valence-corrected chi connectivity index (χ1v) is 10.3. The number of benzene rings is 2. The first-order valence-electron chi connectivity index (χ1n) is 10.3. The van der Waals surface area contributed by atoms with Gasteiger partial charge < -0.3 is 15.1 Å². The maximum Gasteiger partial charge on any atom is 0.227 e. The van der Waals surface area contributed by atoms with Gasteiger partial charge in [0.05, 0.1) is 12.7 Å². The number of rotatable bonds is 4. The molecule has 0 saturated carbocycles. The quantitative estimate of drug-likeness (QED) is 0.704. The lowest BCUT2D eigenvalue weighted by Crippen LogP contribution is -2.31. The van der Waals surface area contributed by atoms with Crippen molar-refractivity contribution in [2.45, 2.75) is 31.6 Å². The van der Waals surface area contributed by atoms with Crippen LogP contribution in [0, 0.1) is 5.92 Å². The van der Waals surface area contributed by atoms with Crippen molar-refractivity contribution < 1.29 is 9.21 Å². The molecular formula is C24H27ClN2O2. The number of carbonyl (C=O) groups excluding carboxylic acids is 1. The predicted octanol–water partition coefficient (Wildman–Crippen LogP) is 4.09. The average Bonchev–Trinajstić information content (AvgIpc) is 3.45. The van der Waals surface area contributed by atoms with Gasteiger partial charge in [-0.2, -0.15) is 0 Å². The fourth-order valence-electron chi connectivity index (χ4n) is 4.95. The Labute approximate surface area is 177 Å². The molecule has 2 N–H and O–H groups in total. The fourth-order valence-corrected chi connectivity index (χ4v) is 4.95. The molecule has 2 aromatic carbocycles. The lowest BCUT2D eigenvalue weighted by atomic mass is 9.89. The van der Waals surface area contributed by atoms with Gasteiger partial charge in [-0.1, -0.05) is 30.3 Å². The zero-order chi connectivity index (χ0) is 19.1. The summed E-state index contributed by atoms with van der Waals surface area (Å²) in [4.78, 5) is 15.1. The summed E-state index contributed by atoms with van der Waals surface area (Å²) < 4.78 is 5.78. The Balaban J connectivity index is 0.00000205. The van der Waals surface area contributed by atoms with Crippen LogP contribution in [0.1, 0.15) is 34.6 Å². The van der Waals surface area contributed by atoms with Crippen LogP contribution in [0.2, 0.25) is 0 Å². The van der Waals surface area contributed by atoms with Crippen molar-refractivity contribution in [2.24, 2.45) is 11.7 Å². The van der Waals surface area contributed by atoms with Gasteiger partial charge in [0.25, 0.3) is 0 Å². The van der Waals surface area contributed by atoms with Gasteiger partial charge in [-0.05, 0) is 60.5 Å². The predicted molar refractivity (Wildman–Crippen MR) is 117 cm³/mol. The molecular weight excluding hydrogens is 384 g/mol. The highest BCUT2D eigenvalue weighted by Gasteiger charge is 2.35. The molecule has 5 rings (SSSR count). The highest BCUT2D eigenvalue weighted by molar-refractivity contribution is 5.89. The monoisotopic (exact) mass is 410 g/mol.